The van der Waals surface area contributed by atoms with E-state index in [1.807, 2.05) is 84.1 Å². The molecule has 0 aliphatic rings. The number of thiophene rings is 3. The second-order valence-electron chi connectivity index (χ2n) is 5.16. The molecule has 0 nitrogen and oxygen atoms in total. The normalized spacial score (nSPS) is 8.32. The van der Waals surface area contributed by atoms with E-state index in [0.29, 0.717) is 0 Å². The van der Waals surface area contributed by atoms with E-state index in [0.717, 1.165) is 0 Å². The fourth-order valence-corrected chi connectivity index (χ4v) is 4.75. The summed E-state index contributed by atoms with van der Waals surface area (Å²) in [6.45, 7) is 20.3. The van der Waals surface area contributed by atoms with Gasteiger partial charge in [0.25, 0.3) is 0 Å². The summed E-state index contributed by atoms with van der Waals surface area (Å²) in [5, 5.41) is 2.12. The zero-order chi connectivity index (χ0) is 24.1. The van der Waals surface area contributed by atoms with Crippen molar-refractivity contribution in [3.63, 3.8) is 0 Å². The number of aryl methyl sites for hydroxylation is 2. The van der Waals surface area contributed by atoms with Crippen molar-refractivity contribution in [1.29, 1.82) is 0 Å². The molecule has 3 heterocycles. The molecule has 4 rings (SSSR count). The Morgan fingerprint density at radius 3 is 1.32 bits per heavy atom. The molecule has 0 saturated heterocycles. The molecular weight excluding hydrogens is 433 g/mol. The first kappa shape index (κ1) is 31.5. The minimum Gasteiger partial charge on any atom is -0.143 e. The van der Waals surface area contributed by atoms with Gasteiger partial charge in [-0.15, -0.1) is 34.0 Å². The maximum atomic E-state index is 2.19. The summed E-state index contributed by atoms with van der Waals surface area (Å²) in [6.07, 6.45) is 0. The molecule has 0 N–H and O–H groups in total. The van der Waals surface area contributed by atoms with E-state index in [1.54, 1.807) is 11.3 Å². The van der Waals surface area contributed by atoms with Crippen LogP contribution < -0.4 is 0 Å². The molecular formula is C28H42S3. The third kappa shape index (κ3) is 12.7. The lowest BCUT2D eigenvalue weighted by atomic mass is 10.2. The van der Waals surface area contributed by atoms with E-state index in [4.69, 9.17) is 0 Å². The summed E-state index contributed by atoms with van der Waals surface area (Å²) in [4.78, 5) is 6.87. The van der Waals surface area contributed by atoms with E-state index < -0.39 is 0 Å². The van der Waals surface area contributed by atoms with E-state index in [2.05, 4.69) is 79.9 Å². The average molecular weight is 475 g/mol. The van der Waals surface area contributed by atoms with Crippen molar-refractivity contribution in [2.75, 3.05) is 0 Å². The van der Waals surface area contributed by atoms with Gasteiger partial charge < -0.3 is 0 Å². The Kier molecular flexibility index (Phi) is 21.9. The fraction of sp³-hybridized carbons (Fsp3) is 0.357. The van der Waals surface area contributed by atoms with Crippen LogP contribution in [0.2, 0.25) is 0 Å². The molecule has 0 atom stereocenters. The summed E-state index contributed by atoms with van der Waals surface area (Å²) in [6, 6.07) is 23.4. The van der Waals surface area contributed by atoms with Crippen LogP contribution in [-0.4, -0.2) is 0 Å². The van der Waals surface area contributed by atoms with Crippen LogP contribution in [0.25, 0.3) is 20.2 Å². The first-order chi connectivity index (χ1) is 15.2. The maximum Gasteiger partial charge on any atom is 0.0445 e. The van der Waals surface area contributed by atoms with E-state index >= 15 is 0 Å². The Bertz CT molecular complexity index is 837. The molecule has 0 amide bonds. The molecule has 31 heavy (non-hydrogen) atoms. The largest absolute Gasteiger partial charge is 0.143 e. The SMILES string of the molecule is CC.CC.CC.CC.Cc1ccc(-c2ccccc2)s1.Cc1ccc(-c2cccs2)s1. The van der Waals surface area contributed by atoms with Gasteiger partial charge in [-0.05, 0) is 55.1 Å². The van der Waals surface area contributed by atoms with Gasteiger partial charge >= 0.3 is 0 Å². The van der Waals surface area contributed by atoms with Crippen molar-refractivity contribution in [2.45, 2.75) is 69.2 Å². The van der Waals surface area contributed by atoms with Crippen LogP contribution in [0.5, 0.6) is 0 Å². The summed E-state index contributed by atoms with van der Waals surface area (Å²) in [5.41, 5.74) is 1.32. The van der Waals surface area contributed by atoms with Crippen LogP contribution in [0.4, 0.5) is 0 Å². The predicted octanol–water partition coefficient (Wildman–Crippen LogP) is 11.6. The van der Waals surface area contributed by atoms with Gasteiger partial charge in [0.1, 0.15) is 0 Å². The molecule has 3 aromatic heterocycles. The summed E-state index contributed by atoms with van der Waals surface area (Å²) in [7, 11) is 0. The van der Waals surface area contributed by atoms with Crippen LogP contribution in [-0.2, 0) is 0 Å². The van der Waals surface area contributed by atoms with Gasteiger partial charge in [0.2, 0.25) is 0 Å². The van der Waals surface area contributed by atoms with Crippen molar-refractivity contribution in [3.05, 3.63) is 81.9 Å². The average Bonchev–Trinajstić information content (AvgIpc) is 3.63. The van der Waals surface area contributed by atoms with Gasteiger partial charge in [-0.1, -0.05) is 91.8 Å². The lowest BCUT2D eigenvalue weighted by Gasteiger charge is -1.93. The van der Waals surface area contributed by atoms with E-state index in [1.165, 1.54) is 29.9 Å². The van der Waals surface area contributed by atoms with E-state index in [9.17, 15) is 0 Å². The van der Waals surface area contributed by atoms with Crippen LogP contribution in [0.15, 0.2) is 72.1 Å². The second kappa shape index (κ2) is 21.5. The Morgan fingerprint density at radius 2 is 0.935 bits per heavy atom. The highest BCUT2D eigenvalue weighted by Crippen LogP contribution is 2.30. The fourth-order valence-electron chi connectivity index (χ4n) is 2.18. The van der Waals surface area contributed by atoms with Crippen molar-refractivity contribution < 1.29 is 0 Å². The lowest BCUT2D eigenvalue weighted by molar-refractivity contribution is 1.50. The molecule has 0 spiro atoms. The second-order valence-corrected chi connectivity index (χ2v) is 8.69. The van der Waals surface area contributed by atoms with Gasteiger partial charge in [-0.25, -0.2) is 0 Å². The number of benzene rings is 1. The topological polar surface area (TPSA) is 0 Å². The number of hydrogen-bond acceptors (Lipinski definition) is 3. The summed E-state index contributed by atoms with van der Waals surface area (Å²) < 4.78 is 0. The minimum absolute atomic E-state index is 1.32. The van der Waals surface area contributed by atoms with Crippen LogP contribution in [0.3, 0.4) is 0 Å². The van der Waals surface area contributed by atoms with Crippen molar-refractivity contribution in [3.8, 4) is 20.2 Å². The number of rotatable bonds is 2. The van der Waals surface area contributed by atoms with Gasteiger partial charge in [0, 0.05) is 24.4 Å². The molecule has 0 unspecified atom stereocenters. The molecule has 0 radical (unpaired) electrons. The van der Waals surface area contributed by atoms with Gasteiger partial charge in [-0.3, -0.25) is 0 Å². The molecule has 0 aliphatic carbocycles. The third-order valence-corrected chi connectivity index (χ3v) is 6.42. The third-order valence-electron chi connectivity index (χ3n) is 3.30. The molecule has 0 aliphatic heterocycles. The molecule has 0 fully saturated rings. The van der Waals surface area contributed by atoms with Crippen molar-refractivity contribution in [2.24, 2.45) is 0 Å². The van der Waals surface area contributed by atoms with Crippen molar-refractivity contribution in [1.82, 2.24) is 0 Å². The van der Waals surface area contributed by atoms with Crippen molar-refractivity contribution >= 4 is 34.0 Å². The van der Waals surface area contributed by atoms with Crippen LogP contribution >= 0.6 is 34.0 Å². The monoisotopic (exact) mass is 474 g/mol. The molecule has 172 valence electrons. The van der Waals surface area contributed by atoms with Gasteiger partial charge in [-0.2, -0.15) is 0 Å². The molecule has 0 saturated carbocycles. The minimum atomic E-state index is 1.32. The maximum absolute atomic E-state index is 2.19. The number of hydrogen-bond donors (Lipinski definition) is 0. The van der Waals surface area contributed by atoms with Gasteiger partial charge in [0.05, 0.1) is 0 Å². The molecule has 0 bridgehead atoms. The first-order valence-electron chi connectivity index (χ1n) is 11.4. The summed E-state index contributed by atoms with van der Waals surface area (Å²) in [5.74, 6) is 0. The summed E-state index contributed by atoms with van der Waals surface area (Å²) >= 11 is 5.50. The zero-order valence-corrected chi connectivity index (χ0v) is 23.6. The Hall–Kier alpha value is -1.68. The molecule has 3 heteroatoms. The van der Waals surface area contributed by atoms with Gasteiger partial charge in [0.15, 0.2) is 0 Å². The highest BCUT2D eigenvalue weighted by molar-refractivity contribution is 7.21. The quantitative estimate of drug-likeness (QED) is 0.271. The molecule has 4 aromatic rings. The predicted molar refractivity (Wildman–Crippen MR) is 152 cm³/mol. The Balaban J connectivity index is 0. The Morgan fingerprint density at radius 1 is 0.452 bits per heavy atom. The smallest absolute Gasteiger partial charge is 0.0445 e. The van der Waals surface area contributed by atoms with E-state index in [-0.39, 0.29) is 0 Å². The first-order valence-corrected chi connectivity index (χ1v) is 14.0. The highest BCUT2D eigenvalue weighted by Gasteiger charge is 1.99. The standard InChI is InChI=1S/C11H10S.C9H8S2.4C2H6/c1-9-7-8-11(12-9)10-5-3-2-4-6-10;1-7-4-5-9(11-7)8-3-2-6-10-8;4*1-2/h2-8H,1H3;2-6H,1H3;4*1-2H3. The van der Waals surface area contributed by atoms with Crippen LogP contribution in [0, 0.1) is 13.8 Å². The zero-order valence-electron chi connectivity index (χ0n) is 21.2. The lowest BCUT2D eigenvalue weighted by Crippen LogP contribution is -1.67. The molecule has 1 aromatic carbocycles. The Labute approximate surface area is 204 Å². The highest BCUT2D eigenvalue weighted by atomic mass is 32.1. The van der Waals surface area contributed by atoms with Crippen LogP contribution in [0.1, 0.15) is 65.1 Å².